The highest BCUT2D eigenvalue weighted by Gasteiger charge is 2.47. The standard InChI is InChI=1S/C27H30O16.C3H6O/c1-8-17(32)20(35)22(37)26(40-8)39-7-15-18(33)21(36)23(38)27(42-15)43-25-19(34)16-13(31)5-10(28)6-14(16)41-24(25)9-2-3-11(29)12(30)4-9;1-3(2)4/h2-6,8,15,17-18,20-23,26-33,35-38H,7H2,1H3;4H,1H2,2H3/p-1/t8-,15+,17-,18+,20+,21-,22+,23+,26+,27-;/m0./s1. The number of aliphatic hydroxyl groups is 6. The molecule has 1 aromatic heterocycles. The summed E-state index contributed by atoms with van der Waals surface area (Å²) < 4.78 is 27.8. The lowest BCUT2D eigenvalue weighted by Crippen LogP contribution is -2.61. The number of ether oxygens (including phenoxy) is 4. The van der Waals surface area contributed by atoms with E-state index in [1.54, 1.807) is 0 Å². The molecule has 17 nitrogen and oxygen atoms in total. The number of allylic oxidation sites excluding steroid dienone is 1. The number of benzene rings is 2. The Labute approximate surface area is 265 Å². The van der Waals surface area contributed by atoms with Crippen LogP contribution in [0, 0.1) is 0 Å². The zero-order valence-corrected chi connectivity index (χ0v) is 24.9. The highest BCUT2D eigenvalue weighted by atomic mass is 16.7. The van der Waals surface area contributed by atoms with Crippen molar-refractivity contribution >= 4 is 11.0 Å². The van der Waals surface area contributed by atoms with E-state index in [1.165, 1.54) is 19.9 Å². The second-order valence-electron chi connectivity index (χ2n) is 11.0. The highest BCUT2D eigenvalue weighted by Crippen LogP contribution is 2.39. The third kappa shape index (κ3) is 7.54. The lowest BCUT2D eigenvalue weighted by Gasteiger charge is -2.42. The smallest absolute Gasteiger partial charge is 0.239 e. The van der Waals surface area contributed by atoms with E-state index in [1.807, 2.05) is 0 Å². The summed E-state index contributed by atoms with van der Waals surface area (Å²) in [4.78, 5) is 13.6. The predicted molar refractivity (Wildman–Crippen MR) is 155 cm³/mol. The molecule has 5 rings (SSSR count). The van der Waals surface area contributed by atoms with Crippen molar-refractivity contribution in [3.05, 3.63) is 52.9 Å². The fourth-order valence-corrected chi connectivity index (χ4v) is 4.84. The highest BCUT2D eigenvalue weighted by molar-refractivity contribution is 5.88. The maximum atomic E-state index is 13.6. The summed E-state index contributed by atoms with van der Waals surface area (Å²) in [7, 11) is 0. The van der Waals surface area contributed by atoms with Gasteiger partial charge in [0.1, 0.15) is 65.2 Å². The Morgan fingerprint density at radius 2 is 1.45 bits per heavy atom. The number of aliphatic hydroxyl groups excluding tert-OH is 6. The van der Waals surface area contributed by atoms with Gasteiger partial charge >= 0.3 is 0 Å². The van der Waals surface area contributed by atoms with Gasteiger partial charge in [-0.25, -0.2) is 0 Å². The Hall–Kier alpha value is -4.17. The molecule has 0 unspecified atom stereocenters. The van der Waals surface area contributed by atoms with Crippen LogP contribution in [0.5, 0.6) is 28.7 Å². The van der Waals surface area contributed by atoms with Crippen LogP contribution in [0.15, 0.2) is 51.9 Å². The van der Waals surface area contributed by atoms with E-state index < -0.39 is 113 Å². The van der Waals surface area contributed by atoms with E-state index >= 15 is 0 Å². The second kappa shape index (κ2) is 14.3. The number of hydrogen-bond donors (Lipinski definition) is 10. The Kier molecular flexibility index (Phi) is 10.9. The molecule has 2 aromatic carbocycles. The maximum Gasteiger partial charge on any atom is 0.239 e. The van der Waals surface area contributed by atoms with E-state index in [0.717, 1.165) is 24.3 Å². The van der Waals surface area contributed by atoms with Crippen molar-refractivity contribution < 1.29 is 79.5 Å². The van der Waals surface area contributed by atoms with Gasteiger partial charge in [-0.2, -0.15) is 0 Å². The van der Waals surface area contributed by atoms with Gasteiger partial charge in [0.25, 0.3) is 0 Å². The van der Waals surface area contributed by atoms with Gasteiger partial charge in [0.2, 0.25) is 17.5 Å². The monoisotopic (exact) mass is 667 g/mol. The molecule has 0 radical (unpaired) electrons. The molecule has 0 aliphatic carbocycles. The van der Waals surface area contributed by atoms with Gasteiger partial charge in [0, 0.05) is 17.7 Å². The average Bonchev–Trinajstić information content (AvgIpc) is 2.99. The Morgan fingerprint density at radius 3 is 2.09 bits per heavy atom. The van der Waals surface area contributed by atoms with Gasteiger partial charge < -0.3 is 79.5 Å². The number of aromatic hydroxyl groups is 4. The average molecular weight is 668 g/mol. The first-order valence-electron chi connectivity index (χ1n) is 14.1. The van der Waals surface area contributed by atoms with E-state index in [4.69, 9.17) is 23.4 Å². The molecule has 47 heavy (non-hydrogen) atoms. The van der Waals surface area contributed by atoms with Crippen LogP contribution in [0.3, 0.4) is 0 Å². The van der Waals surface area contributed by atoms with Crippen molar-refractivity contribution in [1.82, 2.24) is 0 Å². The first-order valence-corrected chi connectivity index (χ1v) is 14.1. The minimum atomic E-state index is -1.97. The first-order chi connectivity index (χ1) is 22.0. The Morgan fingerprint density at radius 1 is 0.830 bits per heavy atom. The molecule has 17 heteroatoms. The molecule has 0 spiro atoms. The van der Waals surface area contributed by atoms with Crippen LogP contribution in [0.2, 0.25) is 0 Å². The number of rotatable bonds is 6. The molecule has 0 amide bonds. The van der Waals surface area contributed by atoms with E-state index in [9.17, 15) is 61.0 Å². The second-order valence-corrected chi connectivity index (χ2v) is 11.0. The molecule has 0 saturated carbocycles. The summed E-state index contributed by atoms with van der Waals surface area (Å²) in [5, 5.41) is 111. The molecule has 3 heterocycles. The molecule has 258 valence electrons. The van der Waals surface area contributed by atoms with Crippen LogP contribution in [0.25, 0.3) is 22.3 Å². The van der Waals surface area contributed by atoms with Crippen LogP contribution in [0.4, 0.5) is 0 Å². The third-order valence-corrected chi connectivity index (χ3v) is 7.29. The summed E-state index contributed by atoms with van der Waals surface area (Å²) >= 11 is 0. The molecule has 10 atom stereocenters. The number of hydrogen-bond acceptors (Lipinski definition) is 17. The molecule has 2 aliphatic rings. The molecule has 2 saturated heterocycles. The van der Waals surface area contributed by atoms with Crippen molar-refractivity contribution in [1.29, 1.82) is 0 Å². The number of fused-ring (bicyclic) bond motifs is 1. The van der Waals surface area contributed by atoms with Gasteiger partial charge in [-0.15, -0.1) is 12.3 Å². The zero-order valence-electron chi connectivity index (χ0n) is 24.9. The lowest BCUT2D eigenvalue weighted by molar-refractivity contribution is -0.318. The van der Waals surface area contributed by atoms with E-state index in [0.29, 0.717) is 0 Å². The van der Waals surface area contributed by atoms with Crippen molar-refractivity contribution in [3.8, 4) is 40.1 Å². The summed E-state index contributed by atoms with van der Waals surface area (Å²) in [5.74, 6) is -3.41. The molecule has 2 aliphatic heterocycles. The maximum absolute atomic E-state index is 13.6. The summed E-state index contributed by atoms with van der Waals surface area (Å²) in [6.45, 7) is 5.24. The molecule has 0 bridgehead atoms. The lowest BCUT2D eigenvalue weighted by atomic mass is 9.98. The minimum Gasteiger partial charge on any atom is -0.876 e. The molecular weight excluding hydrogens is 632 g/mol. The summed E-state index contributed by atoms with van der Waals surface area (Å²) in [6, 6.07) is 5.24. The normalized spacial score (nSPS) is 30.7. The minimum absolute atomic E-state index is 0.0313. The molecule has 10 N–H and O–H groups in total. The molecular formula is C30H35O17-. The molecule has 2 fully saturated rings. The van der Waals surface area contributed by atoms with Gasteiger partial charge in [0.05, 0.1) is 12.7 Å². The largest absolute Gasteiger partial charge is 0.876 e. The van der Waals surface area contributed by atoms with Gasteiger partial charge in [0.15, 0.2) is 23.5 Å². The van der Waals surface area contributed by atoms with Crippen molar-refractivity contribution in [2.24, 2.45) is 0 Å². The van der Waals surface area contributed by atoms with E-state index in [-0.39, 0.29) is 16.9 Å². The fourth-order valence-electron chi connectivity index (χ4n) is 4.84. The van der Waals surface area contributed by atoms with Gasteiger partial charge in [-0.1, -0.05) is 6.92 Å². The SMILES string of the molecule is C=C(C)[O-].C[C@@H]1O[C@@H](OC[C@H]2O[C@@H](Oc3c(-c4ccc(O)c(O)c4)oc4cc(O)cc(O)c4c3=O)[C@H](O)[C@@H](O)[C@@H]2O)[C@H](O)[C@H](O)[C@H]1O. The summed E-state index contributed by atoms with van der Waals surface area (Å²) in [6.07, 6.45) is -16.2. The van der Waals surface area contributed by atoms with E-state index in [2.05, 4.69) is 6.58 Å². The van der Waals surface area contributed by atoms with Crippen molar-refractivity contribution in [2.75, 3.05) is 6.61 Å². The topological polar surface area (TPSA) is 292 Å². The number of phenolic OH excluding ortho intramolecular Hbond substituents is 4. The Balaban J connectivity index is 0.00000118. The fraction of sp³-hybridized carbons (Fsp3) is 0.433. The predicted octanol–water partition coefficient (Wildman–Crippen LogP) is -1.81. The quantitative estimate of drug-likeness (QED) is 0.102. The molecule has 3 aromatic rings. The third-order valence-electron chi connectivity index (χ3n) is 7.29. The van der Waals surface area contributed by atoms with Gasteiger partial charge in [-0.05, 0) is 25.1 Å². The number of phenols is 4. The van der Waals surface area contributed by atoms with Crippen LogP contribution >= 0.6 is 0 Å². The van der Waals surface area contributed by atoms with Crippen LogP contribution in [-0.4, -0.2) is 119 Å². The van der Waals surface area contributed by atoms with Crippen LogP contribution in [0.1, 0.15) is 13.8 Å². The zero-order chi connectivity index (χ0) is 34.9. The van der Waals surface area contributed by atoms with Crippen molar-refractivity contribution in [3.63, 3.8) is 0 Å². The first kappa shape index (κ1) is 35.7. The van der Waals surface area contributed by atoms with Crippen LogP contribution < -0.4 is 15.3 Å². The van der Waals surface area contributed by atoms with Crippen molar-refractivity contribution in [2.45, 2.75) is 75.3 Å². The van der Waals surface area contributed by atoms with Crippen LogP contribution in [-0.2, 0) is 14.2 Å². The van der Waals surface area contributed by atoms with Gasteiger partial charge in [-0.3, -0.25) is 4.79 Å². The Bertz CT molecular complexity index is 1630. The summed E-state index contributed by atoms with van der Waals surface area (Å²) in [5.41, 5.74) is -1.35.